The summed E-state index contributed by atoms with van der Waals surface area (Å²) in [5, 5.41) is 7.57. The van der Waals surface area contributed by atoms with Gasteiger partial charge in [-0.2, -0.15) is 4.98 Å². The molecule has 1 atom stereocenters. The molecule has 0 amide bonds. The fourth-order valence-electron chi connectivity index (χ4n) is 2.40. The van der Waals surface area contributed by atoms with Crippen molar-refractivity contribution in [3.8, 4) is 0 Å². The third-order valence-corrected chi connectivity index (χ3v) is 3.63. The highest BCUT2D eigenvalue weighted by molar-refractivity contribution is 5.27. The van der Waals surface area contributed by atoms with Gasteiger partial charge >= 0.3 is 0 Å². The quantitative estimate of drug-likeness (QED) is 0.821. The monoisotopic (exact) mass is 266 g/mol. The maximum absolute atomic E-state index is 5.34. The fraction of sp³-hybridized carbons (Fsp3) is 0.857. The first-order valence-electron chi connectivity index (χ1n) is 7.60. The molecule has 1 aromatic heterocycles. The van der Waals surface area contributed by atoms with Gasteiger partial charge in [-0.15, -0.1) is 0 Å². The summed E-state index contributed by atoms with van der Waals surface area (Å²) in [7, 11) is 0. The number of hydrogen-bond acceptors (Lipinski definition) is 5. The molecule has 19 heavy (non-hydrogen) atoms. The first-order chi connectivity index (χ1) is 9.29. The van der Waals surface area contributed by atoms with Crippen LogP contribution in [-0.2, 0) is 6.42 Å². The number of piperidine rings is 1. The zero-order valence-electron chi connectivity index (χ0n) is 12.2. The Morgan fingerprint density at radius 2 is 2.11 bits per heavy atom. The molecular formula is C14H26N4O. The number of nitrogens with zero attached hydrogens (tertiary/aromatic N) is 3. The molecule has 0 aromatic carbocycles. The van der Waals surface area contributed by atoms with Crippen molar-refractivity contribution in [2.75, 3.05) is 24.5 Å². The Balaban J connectivity index is 1.77. The van der Waals surface area contributed by atoms with Crippen LogP contribution in [0.3, 0.4) is 0 Å². The minimum atomic E-state index is 0.505. The van der Waals surface area contributed by atoms with Gasteiger partial charge in [-0.1, -0.05) is 6.92 Å². The SMILES string of the molecule is CCCNC(C)CCc1nc(N2CCCCC2)no1. The van der Waals surface area contributed by atoms with E-state index in [2.05, 4.69) is 34.2 Å². The van der Waals surface area contributed by atoms with Crippen LogP contribution < -0.4 is 10.2 Å². The van der Waals surface area contributed by atoms with Crippen LogP contribution in [0.4, 0.5) is 5.95 Å². The second-order valence-electron chi connectivity index (χ2n) is 5.43. The molecule has 1 aromatic rings. The molecule has 1 fully saturated rings. The molecule has 0 aliphatic carbocycles. The van der Waals surface area contributed by atoms with Gasteiger partial charge in [0.2, 0.25) is 5.89 Å². The maximum atomic E-state index is 5.34. The van der Waals surface area contributed by atoms with Gasteiger partial charge in [-0.3, -0.25) is 0 Å². The van der Waals surface area contributed by atoms with Gasteiger partial charge in [0, 0.05) is 25.6 Å². The average molecular weight is 266 g/mol. The van der Waals surface area contributed by atoms with Crippen LogP contribution in [0.25, 0.3) is 0 Å². The van der Waals surface area contributed by atoms with Crippen molar-refractivity contribution in [2.45, 2.75) is 58.4 Å². The lowest BCUT2D eigenvalue weighted by molar-refractivity contribution is 0.365. The number of anilines is 1. The molecule has 1 saturated heterocycles. The molecule has 0 saturated carbocycles. The molecule has 1 unspecified atom stereocenters. The predicted octanol–water partition coefficient (Wildman–Crippen LogP) is 2.38. The van der Waals surface area contributed by atoms with Gasteiger partial charge in [0.25, 0.3) is 5.95 Å². The van der Waals surface area contributed by atoms with Crippen LogP contribution in [0.1, 0.15) is 51.8 Å². The van der Waals surface area contributed by atoms with E-state index < -0.39 is 0 Å². The Hall–Kier alpha value is -1.10. The second kappa shape index (κ2) is 7.48. The van der Waals surface area contributed by atoms with Crippen molar-refractivity contribution in [3.63, 3.8) is 0 Å². The molecule has 2 heterocycles. The van der Waals surface area contributed by atoms with Crippen LogP contribution in [0.5, 0.6) is 0 Å². The first-order valence-corrected chi connectivity index (χ1v) is 7.60. The minimum Gasteiger partial charge on any atom is -0.338 e. The van der Waals surface area contributed by atoms with Crippen molar-refractivity contribution in [3.05, 3.63) is 5.89 Å². The van der Waals surface area contributed by atoms with E-state index in [1.807, 2.05) is 0 Å². The van der Waals surface area contributed by atoms with Gasteiger partial charge in [-0.05, 0) is 50.7 Å². The van der Waals surface area contributed by atoms with E-state index >= 15 is 0 Å². The van der Waals surface area contributed by atoms with E-state index in [0.29, 0.717) is 6.04 Å². The Labute approximate surface area is 115 Å². The number of nitrogens with one attached hydrogen (secondary N) is 1. The van der Waals surface area contributed by atoms with Gasteiger partial charge in [-0.25, -0.2) is 0 Å². The summed E-state index contributed by atoms with van der Waals surface area (Å²) < 4.78 is 5.34. The van der Waals surface area contributed by atoms with Crippen molar-refractivity contribution in [1.29, 1.82) is 0 Å². The summed E-state index contributed by atoms with van der Waals surface area (Å²) in [5.74, 6) is 1.55. The number of aromatic nitrogens is 2. The van der Waals surface area contributed by atoms with Crippen molar-refractivity contribution >= 4 is 5.95 Å². The van der Waals surface area contributed by atoms with Crippen molar-refractivity contribution in [1.82, 2.24) is 15.5 Å². The van der Waals surface area contributed by atoms with Gasteiger partial charge in [0.05, 0.1) is 0 Å². The second-order valence-corrected chi connectivity index (χ2v) is 5.43. The maximum Gasteiger partial charge on any atom is 0.266 e. The van der Waals surface area contributed by atoms with Gasteiger partial charge in [0.15, 0.2) is 0 Å². The predicted molar refractivity (Wildman–Crippen MR) is 76.4 cm³/mol. The summed E-state index contributed by atoms with van der Waals surface area (Å²) in [4.78, 5) is 6.74. The lowest BCUT2D eigenvalue weighted by Gasteiger charge is -2.24. The van der Waals surface area contributed by atoms with Crippen molar-refractivity contribution < 1.29 is 4.52 Å². The van der Waals surface area contributed by atoms with E-state index in [4.69, 9.17) is 4.52 Å². The van der Waals surface area contributed by atoms with Gasteiger partial charge in [0.1, 0.15) is 0 Å². The summed E-state index contributed by atoms with van der Waals surface area (Å²) in [6.07, 6.45) is 6.87. The standard InChI is InChI=1S/C14H26N4O/c1-3-9-15-12(2)7-8-13-16-14(17-19-13)18-10-5-4-6-11-18/h12,15H,3-11H2,1-2H3. The number of hydrogen-bond donors (Lipinski definition) is 1. The van der Waals surface area contributed by atoms with Gasteiger partial charge < -0.3 is 14.7 Å². The zero-order valence-corrected chi connectivity index (χ0v) is 12.2. The van der Waals surface area contributed by atoms with E-state index in [9.17, 15) is 0 Å². The van der Waals surface area contributed by atoms with Crippen LogP contribution in [-0.4, -0.2) is 35.8 Å². The summed E-state index contributed by atoms with van der Waals surface area (Å²) >= 11 is 0. The molecule has 1 aliphatic heterocycles. The molecule has 5 heteroatoms. The molecule has 1 N–H and O–H groups in total. The largest absolute Gasteiger partial charge is 0.338 e. The molecular weight excluding hydrogens is 240 g/mol. The topological polar surface area (TPSA) is 54.2 Å². The van der Waals surface area contributed by atoms with E-state index in [1.54, 1.807) is 0 Å². The molecule has 0 bridgehead atoms. The van der Waals surface area contributed by atoms with Crippen LogP contribution in [0.15, 0.2) is 4.52 Å². The fourth-order valence-corrected chi connectivity index (χ4v) is 2.40. The third-order valence-electron chi connectivity index (χ3n) is 3.63. The molecule has 5 nitrogen and oxygen atoms in total. The van der Waals surface area contributed by atoms with E-state index in [0.717, 1.165) is 44.3 Å². The Kier molecular flexibility index (Phi) is 5.63. The average Bonchev–Trinajstić information content (AvgIpc) is 2.93. The van der Waals surface area contributed by atoms with E-state index in [-0.39, 0.29) is 0 Å². The molecule has 0 radical (unpaired) electrons. The summed E-state index contributed by atoms with van der Waals surface area (Å²) in [6, 6.07) is 0.505. The Morgan fingerprint density at radius 1 is 1.32 bits per heavy atom. The highest BCUT2D eigenvalue weighted by Crippen LogP contribution is 2.16. The molecule has 108 valence electrons. The third kappa shape index (κ3) is 4.49. The smallest absolute Gasteiger partial charge is 0.266 e. The summed E-state index contributed by atoms with van der Waals surface area (Å²) in [6.45, 7) is 7.59. The lowest BCUT2D eigenvalue weighted by atomic mass is 10.1. The van der Waals surface area contributed by atoms with E-state index in [1.165, 1.54) is 25.7 Å². The minimum absolute atomic E-state index is 0.505. The molecule has 2 rings (SSSR count). The molecule has 0 spiro atoms. The normalized spacial score (nSPS) is 17.7. The molecule has 1 aliphatic rings. The Morgan fingerprint density at radius 3 is 2.84 bits per heavy atom. The summed E-state index contributed by atoms with van der Waals surface area (Å²) in [5.41, 5.74) is 0. The van der Waals surface area contributed by atoms with Crippen LogP contribution in [0.2, 0.25) is 0 Å². The number of aryl methyl sites for hydroxylation is 1. The van der Waals surface area contributed by atoms with Crippen LogP contribution in [0, 0.1) is 0 Å². The Bertz CT molecular complexity index is 360. The first kappa shape index (κ1) is 14.3. The lowest BCUT2D eigenvalue weighted by Crippen LogP contribution is -2.30. The van der Waals surface area contributed by atoms with Crippen molar-refractivity contribution in [2.24, 2.45) is 0 Å². The number of rotatable bonds is 7. The van der Waals surface area contributed by atoms with Crippen LogP contribution >= 0.6 is 0 Å². The highest BCUT2D eigenvalue weighted by Gasteiger charge is 2.16. The zero-order chi connectivity index (χ0) is 13.5. The highest BCUT2D eigenvalue weighted by atomic mass is 16.5.